The van der Waals surface area contributed by atoms with Gasteiger partial charge in [0.15, 0.2) is 0 Å². The molecule has 1 saturated carbocycles. The molecule has 1 saturated heterocycles. The Balaban J connectivity index is 1.63. The topological polar surface area (TPSA) is 38.8 Å². The van der Waals surface area contributed by atoms with Crippen LogP contribution in [0, 0.1) is 5.41 Å². The Labute approximate surface area is 138 Å². The number of methoxy groups -OCH3 is 2. The highest BCUT2D eigenvalue weighted by atomic mass is 16.5. The monoisotopic (exact) mass is 317 g/mol. The van der Waals surface area contributed by atoms with Crippen LogP contribution >= 0.6 is 0 Å². The third-order valence-electron chi connectivity index (χ3n) is 5.61. The summed E-state index contributed by atoms with van der Waals surface area (Å²) in [5, 5.41) is 0. The highest BCUT2D eigenvalue weighted by Gasteiger charge is 2.47. The predicted molar refractivity (Wildman–Crippen MR) is 89.7 cm³/mol. The average molecular weight is 317 g/mol. The molecule has 1 heterocycles. The molecule has 2 aliphatic rings. The van der Waals surface area contributed by atoms with E-state index in [9.17, 15) is 4.79 Å². The van der Waals surface area contributed by atoms with Gasteiger partial charge in [-0.15, -0.1) is 0 Å². The molecule has 0 N–H and O–H groups in total. The molecule has 1 aliphatic carbocycles. The SMILES string of the molecule is COCCC1(C(=O)N2CCC(c3ccc(OC)cc3)C2)CCC1. The average Bonchev–Trinajstić information content (AvgIpc) is 3.04. The molecule has 0 bridgehead atoms. The van der Waals surface area contributed by atoms with Crippen LogP contribution in [-0.2, 0) is 9.53 Å². The van der Waals surface area contributed by atoms with Gasteiger partial charge in [0.25, 0.3) is 0 Å². The van der Waals surface area contributed by atoms with Crippen LogP contribution < -0.4 is 4.74 Å². The summed E-state index contributed by atoms with van der Waals surface area (Å²) in [6, 6.07) is 8.26. The molecular formula is C19H27NO3. The van der Waals surface area contributed by atoms with Gasteiger partial charge in [-0.25, -0.2) is 0 Å². The Morgan fingerprint density at radius 3 is 2.57 bits per heavy atom. The van der Waals surface area contributed by atoms with Gasteiger partial charge in [-0.2, -0.15) is 0 Å². The summed E-state index contributed by atoms with van der Waals surface area (Å²) >= 11 is 0. The van der Waals surface area contributed by atoms with E-state index in [0.29, 0.717) is 18.4 Å². The molecule has 126 valence electrons. The van der Waals surface area contributed by atoms with Gasteiger partial charge in [0.05, 0.1) is 12.5 Å². The first-order valence-electron chi connectivity index (χ1n) is 8.61. The Morgan fingerprint density at radius 1 is 1.26 bits per heavy atom. The van der Waals surface area contributed by atoms with Crippen molar-refractivity contribution in [2.24, 2.45) is 5.41 Å². The number of ether oxygens (including phenoxy) is 2. The fraction of sp³-hybridized carbons (Fsp3) is 0.632. The number of nitrogens with zero attached hydrogens (tertiary/aromatic N) is 1. The van der Waals surface area contributed by atoms with E-state index in [4.69, 9.17) is 9.47 Å². The number of hydrogen-bond acceptors (Lipinski definition) is 3. The molecule has 4 heteroatoms. The lowest BCUT2D eigenvalue weighted by atomic mass is 9.66. The van der Waals surface area contributed by atoms with Crippen LogP contribution in [0.2, 0.25) is 0 Å². The normalized spacial score (nSPS) is 22.7. The summed E-state index contributed by atoms with van der Waals surface area (Å²) in [7, 11) is 3.40. The molecule has 3 rings (SSSR count). The number of amides is 1. The summed E-state index contributed by atoms with van der Waals surface area (Å²) in [5.74, 6) is 1.69. The molecule has 1 aromatic rings. The molecular weight excluding hydrogens is 290 g/mol. The van der Waals surface area contributed by atoms with Gasteiger partial charge in [0.2, 0.25) is 5.91 Å². The first-order valence-corrected chi connectivity index (χ1v) is 8.61. The Bertz CT molecular complexity index is 536. The molecule has 4 nitrogen and oxygen atoms in total. The van der Waals surface area contributed by atoms with Gasteiger partial charge in [-0.3, -0.25) is 4.79 Å². The minimum atomic E-state index is -0.134. The summed E-state index contributed by atoms with van der Waals surface area (Å²) in [6.07, 6.45) is 5.15. The van der Waals surface area contributed by atoms with Crippen LogP contribution in [0.4, 0.5) is 0 Å². The van der Waals surface area contributed by atoms with Crippen molar-refractivity contribution in [2.45, 2.75) is 38.0 Å². The second kappa shape index (κ2) is 6.91. The molecule has 1 aromatic carbocycles. The summed E-state index contributed by atoms with van der Waals surface area (Å²) < 4.78 is 10.4. The van der Waals surface area contributed by atoms with Crippen molar-refractivity contribution in [1.82, 2.24) is 4.90 Å². The van der Waals surface area contributed by atoms with Crippen LogP contribution in [0.15, 0.2) is 24.3 Å². The van der Waals surface area contributed by atoms with Gasteiger partial charge in [0.1, 0.15) is 5.75 Å². The molecule has 23 heavy (non-hydrogen) atoms. The maximum atomic E-state index is 13.0. The smallest absolute Gasteiger partial charge is 0.228 e. The van der Waals surface area contributed by atoms with Crippen molar-refractivity contribution in [1.29, 1.82) is 0 Å². The molecule has 1 aliphatic heterocycles. The summed E-state index contributed by atoms with van der Waals surface area (Å²) in [4.78, 5) is 15.1. The molecule has 0 radical (unpaired) electrons. The maximum absolute atomic E-state index is 13.0. The third-order valence-corrected chi connectivity index (χ3v) is 5.61. The fourth-order valence-corrected chi connectivity index (χ4v) is 3.90. The van der Waals surface area contributed by atoms with Crippen molar-refractivity contribution in [3.8, 4) is 5.75 Å². The Kier molecular flexibility index (Phi) is 4.90. The first-order chi connectivity index (χ1) is 11.2. The number of carbonyl (C=O) groups is 1. The number of hydrogen-bond donors (Lipinski definition) is 0. The third kappa shape index (κ3) is 3.23. The van der Waals surface area contributed by atoms with E-state index >= 15 is 0 Å². The van der Waals surface area contributed by atoms with E-state index in [1.165, 1.54) is 12.0 Å². The van der Waals surface area contributed by atoms with Crippen LogP contribution in [0.5, 0.6) is 5.75 Å². The minimum Gasteiger partial charge on any atom is -0.497 e. The van der Waals surface area contributed by atoms with Gasteiger partial charge in [0, 0.05) is 32.7 Å². The molecule has 0 aromatic heterocycles. The largest absolute Gasteiger partial charge is 0.497 e. The zero-order valence-electron chi connectivity index (χ0n) is 14.2. The van der Waals surface area contributed by atoms with Gasteiger partial charge in [-0.05, 0) is 43.4 Å². The second-order valence-corrected chi connectivity index (χ2v) is 6.89. The first kappa shape index (κ1) is 16.3. The second-order valence-electron chi connectivity index (χ2n) is 6.89. The Hall–Kier alpha value is -1.55. The van der Waals surface area contributed by atoms with E-state index in [-0.39, 0.29) is 5.41 Å². The molecule has 1 amide bonds. The number of carbonyl (C=O) groups excluding carboxylic acids is 1. The van der Waals surface area contributed by atoms with Crippen LogP contribution in [0.25, 0.3) is 0 Å². The number of rotatable bonds is 6. The van der Waals surface area contributed by atoms with Crippen LogP contribution in [0.3, 0.4) is 0 Å². The standard InChI is InChI=1S/C19H27NO3/c1-22-13-11-19(9-3-10-19)18(21)20-12-8-16(14-20)15-4-6-17(23-2)7-5-15/h4-7,16H,3,8-14H2,1-2H3. The molecule has 1 unspecified atom stereocenters. The van der Waals surface area contributed by atoms with Gasteiger partial charge in [-0.1, -0.05) is 18.6 Å². The van der Waals surface area contributed by atoms with Crippen molar-refractivity contribution in [2.75, 3.05) is 33.9 Å². The van der Waals surface area contributed by atoms with Gasteiger partial charge >= 0.3 is 0 Å². The predicted octanol–water partition coefficient (Wildman–Crippen LogP) is 3.22. The van der Waals surface area contributed by atoms with Crippen molar-refractivity contribution in [3.05, 3.63) is 29.8 Å². The highest BCUT2D eigenvalue weighted by molar-refractivity contribution is 5.84. The summed E-state index contributed by atoms with van der Waals surface area (Å²) in [6.45, 7) is 2.41. The lowest BCUT2D eigenvalue weighted by Gasteiger charge is -2.42. The molecule has 1 atom stereocenters. The number of likely N-dealkylation sites (tertiary alicyclic amines) is 1. The fourth-order valence-electron chi connectivity index (χ4n) is 3.90. The minimum absolute atomic E-state index is 0.134. The van der Waals surface area contributed by atoms with Crippen molar-refractivity contribution < 1.29 is 14.3 Å². The van der Waals surface area contributed by atoms with E-state index in [1.807, 2.05) is 12.1 Å². The van der Waals surface area contributed by atoms with Crippen molar-refractivity contribution >= 4 is 5.91 Å². The van der Waals surface area contributed by atoms with E-state index in [2.05, 4.69) is 17.0 Å². The van der Waals surface area contributed by atoms with E-state index in [1.54, 1.807) is 14.2 Å². The van der Waals surface area contributed by atoms with E-state index < -0.39 is 0 Å². The Morgan fingerprint density at radius 2 is 2.00 bits per heavy atom. The van der Waals surface area contributed by atoms with Crippen LogP contribution in [0.1, 0.15) is 43.6 Å². The zero-order chi connectivity index (χ0) is 16.3. The zero-order valence-corrected chi connectivity index (χ0v) is 14.2. The highest BCUT2D eigenvalue weighted by Crippen LogP contribution is 2.46. The molecule has 2 fully saturated rings. The van der Waals surface area contributed by atoms with Crippen LogP contribution in [-0.4, -0.2) is 44.7 Å². The van der Waals surface area contributed by atoms with Gasteiger partial charge < -0.3 is 14.4 Å². The lowest BCUT2D eigenvalue weighted by Crippen LogP contribution is -2.47. The summed E-state index contributed by atoms with van der Waals surface area (Å²) in [5.41, 5.74) is 1.17. The van der Waals surface area contributed by atoms with E-state index in [0.717, 1.165) is 44.5 Å². The quantitative estimate of drug-likeness (QED) is 0.808. The number of benzene rings is 1. The lowest BCUT2D eigenvalue weighted by molar-refractivity contribution is -0.148. The maximum Gasteiger partial charge on any atom is 0.228 e. The van der Waals surface area contributed by atoms with Crippen molar-refractivity contribution in [3.63, 3.8) is 0 Å². The molecule has 0 spiro atoms.